The number of ether oxygens (including phenoxy) is 1. The van der Waals surface area contributed by atoms with Gasteiger partial charge in [0.05, 0.1) is 18.2 Å². The highest BCUT2D eigenvalue weighted by Gasteiger charge is 2.24. The first-order chi connectivity index (χ1) is 14.8. The summed E-state index contributed by atoms with van der Waals surface area (Å²) in [6.07, 6.45) is 4.98. The van der Waals surface area contributed by atoms with E-state index in [1.165, 1.54) is 12.8 Å². The fourth-order valence-corrected chi connectivity index (χ4v) is 4.35. The van der Waals surface area contributed by atoms with Crippen LogP contribution >= 0.6 is 0 Å². The Morgan fingerprint density at radius 3 is 2.60 bits per heavy atom. The van der Waals surface area contributed by atoms with Crippen LogP contribution in [0.25, 0.3) is 33.6 Å². The molecule has 0 bridgehead atoms. The summed E-state index contributed by atoms with van der Waals surface area (Å²) in [5, 5.41) is 4.53. The molecule has 0 amide bonds. The van der Waals surface area contributed by atoms with Crippen LogP contribution in [-0.2, 0) is 6.42 Å². The highest BCUT2D eigenvalue weighted by atomic mass is 16.5. The van der Waals surface area contributed by atoms with E-state index in [1.54, 1.807) is 13.4 Å². The van der Waals surface area contributed by atoms with Crippen molar-refractivity contribution in [1.29, 1.82) is 0 Å². The normalized spacial score (nSPS) is 16.6. The van der Waals surface area contributed by atoms with Gasteiger partial charge < -0.3 is 14.5 Å². The van der Waals surface area contributed by atoms with Crippen LogP contribution in [0.4, 0.5) is 0 Å². The van der Waals surface area contributed by atoms with Crippen molar-refractivity contribution in [2.24, 2.45) is 5.92 Å². The lowest BCUT2D eigenvalue weighted by molar-refractivity contribution is 0.374. The summed E-state index contributed by atoms with van der Waals surface area (Å²) in [4.78, 5) is 9.19. The van der Waals surface area contributed by atoms with Crippen molar-refractivity contribution in [3.8, 4) is 28.2 Å². The molecule has 0 spiro atoms. The molecule has 30 heavy (non-hydrogen) atoms. The second-order valence-corrected chi connectivity index (χ2v) is 7.82. The van der Waals surface area contributed by atoms with Gasteiger partial charge in [0.2, 0.25) is 5.71 Å². The van der Waals surface area contributed by atoms with Gasteiger partial charge in [-0.25, -0.2) is 9.97 Å². The van der Waals surface area contributed by atoms with Crippen molar-refractivity contribution in [1.82, 2.24) is 15.3 Å². The van der Waals surface area contributed by atoms with Gasteiger partial charge in [0.15, 0.2) is 0 Å². The number of hydrogen-bond acceptors (Lipinski definition) is 5. The van der Waals surface area contributed by atoms with Gasteiger partial charge >= 0.3 is 0 Å². The second-order valence-electron chi connectivity index (χ2n) is 7.82. The quantitative estimate of drug-likeness (QED) is 0.505. The Morgan fingerprint density at radius 1 is 1.03 bits per heavy atom. The van der Waals surface area contributed by atoms with Gasteiger partial charge in [0.25, 0.3) is 0 Å². The summed E-state index contributed by atoms with van der Waals surface area (Å²) in [5.41, 5.74) is 4.87. The van der Waals surface area contributed by atoms with Crippen molar-refractivity contribution in [2.75, 3.05) is 20.2 Å². The number of benzene rings is 2. The molecule has 2 aromatic heterocycles. The number of furan rings is 1. The highest BCUT2D eigenvalue weighted by molar-refractivity contribution is 6.01. The second kappa shape index (κ2) is 8.28. The molecule has 0 radical (unpaired) electrons. The molecule has 5 heteroatoms. The first-order valence-electron chi connectivity index (χ1n) is 10.5. The van der Waals surface area contributed by atoms with E-state index < -0.39 is 0 Å². The van der Waals surface area contributed by atoms with E-state index in [0.717, 1.165) is 58.8 Å². The maximum Gasteiger partial charge on any atom is 0.230 e. The molecule has 1 atom stereocenters. The third-order valence-corrected chi connectivity index (χ3v) is 5.86. The number of fused-ring (bicyclic) bond motifs is 1. The zero-order valence-corrected chi connectivity index (χ0v) is 17.1. The lowest BCUT2D eigenvalue weighted by Crippen LogP contribution is -2.31. The van der Waals surface area contributed by atoms with E-state index in [-0.39, 0.29) is 0 Å². The Hall–Kier alpha value is -3.18. The van der Waals surface area contributed by atoms with E-state index in [1.807, 2.05) is 30.3 Å². The summed E-state index contributed by atoms with van der Waals surface area (Å²) in [6.45, 7) is 2.14. The summed E-state index contributed by atoms with van der Waals surface area (Å²) in [6, 6.07) is 18.3. The SMILES string of the molecule is COc1ccc(-c2c(-c3ccccc3)oc3ncnc(CC4CCCNC4)c23)cc1. The largest absolute Gasteiger partial charge is 0.497 e. The number of methoxy groups -OCH3 is 1. The van der Waals surface area contributed by atoms with Crippen molar-refractivity contribution in [2.45, 2.75) is 19.3 Å². The summed E-state index contributed by atoms with van der Waals surface area (Å²) in [5.74, 6) is 2.24. The van der Waals surface area contributed by atoms with Crippen LogP contribution in [0.2, 0.25) is 0 Å². The van der Waals surface area contributed by atoms with Crippen molar-refractivity contribution >= 4 is 11.1 Å². The maximum absolute atomic E-state index is 6.33. The van der Waals surface area contributed by atoms with E-state index in [0.29, 0.717) is 11.6 Å². The monoisotopic (exact) mass is 399 g/mol. The van der Waals surface area contributed by atoms with Crippen molar-refractivity contribution in [3.05, 3.63) is 66.6 Å². The van der Waals surface area contributed by atoms with Crippen LogP contribution in [0.3, 0.4) is 0 Å². The molecular weight excluding hydrogens is 374 g/mol. The molecule has 5 nitrogen and oxygen atoms in total. The lowest BCUT2D eigenvalue weighted by atomic mass is 9.91. The Bertz CT molecular complexity index is 1130. The first kappa shape index (κ1) is 18.8. The smallest absolute Gasteiger partial charge is 0.230 e. The first-order valence-corrected chi connectivity index (χ1v) is 10.5. The number of nitrogens with one attached hydrogen (secondary N) is 1. The Labute approximate surface area is 176 Å². The maximum atomic E-state index is 6.33. The lowest BCUT2D eigenvalue weighted by Gasteiger charge is -2.22. The van der Waals surface area contributed by atoms with Gasteiger partial charge in [0, 0.05) is 11.1 Å². The number of hydrogen-bond donors (Lipinski definition) is 1. The molecule has 5 rings (SSSR count). The Kier molecular flexibility index (Phi) is 5.20. The fourth-order valence-electron chi connectivity index (χ4n) is 4.35. The minimum Gasteiger partial charge on any atom is -0.497 e. The highest BCUT2D eigenvalue weighted by Crippen LogP contribution is 2.42. The van der Waals surface area contributed by atoms with Gasteiger partial charge in [-0.2, -0.15) is 0 Å². The molecular formula is C25H25N3O2. The summed E-state index contributed by atoms with van der Waals surface area (Å²) in [7, 11) is 1.68. The molecule has 1 fully saturated rings. The minimum atomic E-state index is 0.579. The molecule has 0 aliphatic carbocycles. The fraction of sp³-hybridized carbons (Fsp3) is 0.280. The number of rotatable bonds is 5. The van der Waals surface area contributed by atoms with Crippen LogP contribution in [0, 0.1) is 5.92 Å². The van der Waals surface area contributed by atoms with Crippen molar-refractivity contribution < 1.29 is 9.15 Å². The van der Waals surface area contributed by atoms with Gasteiger partial charge in [-0.3, -0.25) is 0 Å². The third kappa shape index (κ3) is 3.57. The topological polar surface area (TPSA) is 60.2 Å². The standard InChI is InChI=1S/C25H25N3O2/c1-29-20-11-9-18(10-12-20)22-23-21(14-17-6-5-13-26-15-17)27-16-28-25(23)30-24(22)19-7-3-2-4-8-19/h2-4,7-12,16-17,26H,5-6,13-15H2,1H3. The summed E-state index contributed by atoms with van der Waals surface area (Å²) >= 11 is 0. The molecule has 152 valence electrons. The Balaban J connectivity index is 1.70. The van der Waals surface area contributed by atoms with Crippen LogP contribution in [0.5, 0.6) is 5.75 Å². The molecule has 1 unspecified atom stereocenters. The van der Waals surface area contributed by atoms with E-state index in [2.05, 4.69) is 34.6 Å². The number of piperidine rings is 1. The van der Waals surface area contributed by atoms with Gasteiger partial charge in [-0.1, -0.05) is 42.5 Å². The zero-order valence-electron chi connectivity index (χ0n) is 17.1. The van der Waals surface area contributed by atoms with Gasteiger partial charge in [-0.15, -0.1) is 0 Å². The average molecular weight is 399 g/mol. The van der Waals surface area contributed by atoms with E-state index in [9.17, 15) is 0 Å². The molecule has 4 aromatic rings. The number of aromatic nitrogens is 2. The van der Waals surface area contributed by atoms with Gasteiger partial charge in [-0.05, 0) is 56.0 Å². The molecule has 1 aliphatic heterocycles. The average Bonchev–Trinajstić information content (AvgIpc) is 3.21. The summed E-state index contributed by atoms with van der Waals surface area (Å²) < 4.78 is 11.7. The predicted molar refractivity (Wildman–Crippen MR) is 119 cm³/mol. The number of nitrogens with zero attached hydrogens (tertiary/aromatic N) is 2. The van der Waals surface area contributed by atoms with Gasteiger partial charge in [0.1, 0.15) is 17.8 Å². The molecule has 1 aliphatic rings. The molecule has 3 heterocycles. The van der Waals surface area contributed by atoms with Crippen LogP contribution < -0.4 is 10.1 Å². The van der Waals surface area contributed by atoms with Crippen molar-refractivity contribution in [3.63, 3.8) is 0 Å². The van der Waals surface area contributed by atoms with Crippen LogP contribution in [-0.4, -0.2) is 30.2 Å². The molecule has 1 saturated heterocycles. The third-order valence-electron chi connectivity index (χ3n) is 5.86. The van der Waals surface area contributed by atoms with E-state index >= 15 is 0 Å². The predicted octanol–water partition coefficient (Wildman–Crippen LogP) is 5.11. The van der Waals surface area contributed by atoms with Crippen LogP contribution in [0.15, 0.2) is 65.3 Å². The van der Waals surface area contributed by atoms with E-state index in [4.69, 9.17) is 14.1 Å². The van der Waals surface area contributed by atoms with Crippen LogP contribution in [0.1, 0.15) is 18.5 Å². The zero-order chi connectivity index (χ0) is 20.3. The molecule has 1 N–H and O–H groups in total. The minimum absolute atomic E-state index is 0.579. The molecule has 2 aromatic carbocycles. The molecule has 0 saturated carbocycles. The Morgan fingerprint density at radius 2 is 1.87 bits per heavy atom.